The summed E-state index contributed by atoms with van der Waals surface area (Å²) in [5.74, 6) is 0.784. The minimum atomic E-state index is -0.316. The Morgan fingerprint density at radius 2 is 2.00 bits per heavy atom. The van der Waals surface area contributed by atoms with E-state index in [2.05, 4.69) is 10.4 Å². The van der Waals surface area contributed by atoms with Crippen LogP contribution in [-0.2, 0) is 11.3 Å². The first kappa shape index (κ1) is 15.1. The van der Waals surface area contributed by atoms with Gasteiger partial charge in [-0.3, -0.25) is 9.48 Å². The van der Waals surface area contributed by atoms with Crippen LogP contribution in [-0.4, -0.2) is 21.8 Å². The van der Waals surface area contributed by atoms with Crippen molar-refractivity contribution in [3.05, 3.63) is 48.3 Å². The topological polar surface area (TPSA) is 56.1 Å². The third kappa shape index (κ3) is 4.34. The molecule has 0 aliphatic rings. The zero-order chi connectivity index (χ0) is 15.2. The van der Waals surface area contributed by atoms with Crippen LogP contribution in [0.3, 0.4) is 0 Å². The normalized spacial score (nSPS) is 12.2. The average Bonchev–Trinajstić information content (AvgIpc) is 2.99. The lowest BCUT2D eigenvalue weighted by molar-refractivity contribution is -0.124. The molecular weight excluding hydrogens is 266 g/mol. The standard InChI is InChI=1S/C16H21N3O2/c1-12(2)21-15-7-5-14(6-8-15)11-17-16(20)13(3)19-10-4-9-18-19/h4-10,12-13H,11H2,1-3H3,(H,17,20). The Morgan fingerprint density at radius 3 is 2.57 bits per heavy atom. The van der Waals surface area contributed by atoms with Gasteiger partial charge < -0.3 is 10.1 Å². The third-order valence-corrected chi connectivity index (χ3v) is 3.06. The summed E-state index contributed by atoms with van der Waals surface area (Å²) in [6.07, 6.45) is 3.60. The molecule has 2 aromatic rings. The first-order valence-corrected chi connectivity index (χ1v) is 7.08. The van der Waals surface area contributed by atoms with Crippen LogP contribution < -0.4 is 10.1 Å². The molecule has 5 nitrogen and oxygen atoms in total. The van der Waals surface area contributed by atoms with Crippen LogP contribution in [0.1, 0.15) is 32.4 Å². The van der Waals surface area contributed by atoms with Crippen LogP contribution in [0.25, 0.3) is 0 Å². The van der Waals surface area contributed by atoms with Gasteiger partial charge in [-0.05, 0) is 44.5 Å². The summed E-state index contributed by atoms with van der Waals surface area (Å²) in [6.45, 7) is 6.30. The molecule has 0 saturated carbocycles. The van der Waals surface area contributed by atoms with Crippen LogP contribution in [0.4, 0.5) is 0 Å². The number of rotatable bonds is 6. The Kier molecular flexibility index (Phi) is 4.98. The van der Waals surface area contributed by atoms with Crippen molar-refractivity contribution in [2.75, 3.05) is 0 Å². The Hall–Kier alpha value is -2.30. The Bertz CT molecular complexity index is 562. The second-order valence-corrected chi connectivity index (χ2v) is 5.19. The van der Waals surface area contributed by atoms with Gasteiger partial charge in [0.25, 0.3) is 0 Å². The van der Waals surface area contributed by atoms with Crippen molar-refractivity contribution in [1.29, 1.82) is 0 Å². The smallest absolute Gasteiger partial charge is 0.244 e. The maximum atomic E-state index is 12.0. The minimum Gasteiger partial charge on any atom is -0.491 e. The number of benzene rings is 1. The van der Waals surface area contributed by atoms with Gasteiger partial charge in [0, 0.05) is 18.9 Å². The molecule has 1 atom stereocenters. The van der Waals surface area contributed by atoms with Crippen molar-refractivity contribution in [2.45, 2.75) is 39.5 Å². The lowest BCUT2D eigenvalue weighted by Crippen LogP contribution is -2.30. The van der Waals surface area contributed by atoms with Gasteiger partial charge in [-0.1, -0.05) is 12.1 Å². The van der Waals surface area contributed by atoms with Gasteiger partial charge in [0.05, 0.1) is 6.10 Å². The van der Waals surface area contributed by atoms with Gasteiger partial charge in [0.2, 0.25) is 5.91 Å². The number of nitrogens with one attached hydrogen (secondary N) is 1. The van der Waals surface area contributed by atoms with Gasteiger partial charge >= 0.3 is 0 Å². The highest BCUT2D eigenvalue weighted by molar-refractivity contribution is 5.79. The molecule has 2 rings (SSSR count). The summed E-state index contributed by atoms with van der Waals surface area (Å²) in [4.78, 5) is 12.0. The van der Waals surface area contributed by atoms with Gasteiger partial charge in [0.1, 0.15) is 11.8 Å². The van der Waals surface area contributed by atoms with E-state index in [1.807, 2.05) is 45.0 Å². The summed E-state index contributed by atoms with van der Waals surface area (Å²) in [5.41, 5.74) is 1.03. The van der Waals surface area contributed by atoms with Crippen LogP contribution in [0.5, 0.6) is 5.75 Å². The van der Waals surface area contributed by atoms with Gasteiger partial charge in [0.15, 0.2) is 0 Å². The van der Waals surface area contributed by atoms with Crippen molar-refractivity contribution in [3.8, 4) is 5.75 Å². The van der Waals surface area contributed by atoms with Crippen LogP contribution >= 0.6 is 0 Å². The highest BCUT2D eigenvalue weighted by atomic mass is 16.5. The van der Waals surface area contributed by atoms with Gasteiger partial charge in [-0.25, -0.2) is 0 Å². The van der Waals surface area contributed by atoms with E-state index < -0.39 is 0 Å². The molecule has 1 aromatic heterocycles. The number of amides is 1. The van der Waals surface area contributed by atoms with Crippen molar-refractivity contribution < 1.29 is 9.53 Å². The molecule has 1 aromatic carbocycles. The summed E-state index contributed by atoms with van der Waals surface area (Å²) >= 11 is 0. The Balaban J connectivity index is 1.86. The third-order valence-electron chi connectivity index (χ3n) is 3.06. The van der Waals surface area contributed by atoms with E-state index in [9.17, 15) is 4.79 Å². The Labute approximate surface area is 124 Å². The number of ether oxygens (including phenoxy) is 1. The summed E-state index contributed by atoms with van der Waals surface area (Å²) in [5, 5.41) is 6.98. The molecule has 0 bridgehead atoms. The fourth-order valence-electron chi connectivity index (χ4n) is 1.92. The minimum absolute atomic E-state index is 0.0544. The van der Waals surface area contributed by atoms with E-state index in [1.165, 1.54) is 0 Å². The van der Waals surface area contributed by atoms with Gasteiger partial charge in [-0.15, -0.1) is 0 Å². The molecule has 0 radical (unpaired) electrons. The molecule has 0 spiro atoms. The van der Waals surface area contributed by atoms with E-state index in [-0.39, 0.29) is 18.1 Å². The molecule has 1 amide bonds. The monoisotopic (exact) mass is 287 g/mol. The van der Waals surface area contributed by atoms with Crippen molar-refractivity contribution in [3.63, 3.8) is 0 Å². The SMILES string of the molecule is CC(C)Oc1ccc(CNC(=O)C(C)n2cccn2)cc1. The van der Waals surface area contributed by atoms with E-state index >= 15 is 0 Å². The lowest BCUT2D eigenvalue weighted by Gasteiger charge is -2.13. The van der Waals surface area contributed by atoms with Crippen molar-refractivity contribution in [1.82, 2.24) is 15.1 Å². The second kappa shape index (κ2) is 6.92. The largest absolute Gasteiger partial charge is 0.491 e. The van der Waals surface area contributed by atoms with E-state index in [1.54, 1.807) is 23.1 Å². The number of aromatic nitrogens is 2. The fourth-order valence-corrected chi connectivity index (χ4v) is 1.92. The number of carbonyl (C=O) groups is 1. The number of carbonyl (C=O) groups excluding carboxylic acids is 1. The quantitative estimate of drug-likeness (QED) is 0.888. The zero-order valence-electron chi connectivity index (χ0n) is 12.6. The second-order valence-electron chi connectivity index (χ2n) is 5.19. The summed E-state index contributed by atoms with van der Waals surface area (Å²) in [6, 6.07) is 9.23. The molecule has 0 aliphatic carbocycles. The molecule has 21 heavy (non-hydrogen) atoms. The van der Waals surface area contributed by atoms with Crippen LogP contribution in [0.2, 0.25) is 0 Å². The maximum Gasteiger partial charge on any atom is 0.244 e. The molecule has 0 saturated heterocycles. The summed E-state index contributed by atoms with van der Waals surface area (Å²) in [7, 11) is 0. The van der Waals surface area contributed by atoms with E-state index in [0.29, 0.717) is 6.54 Å². The zero-order valence-corrected chi connectivity index (χ0v) is 12.6. The van der Waals surface area contributed by atoms with Crippen LogP contribution in [0.15, 0.2) is 42.7 Å². The number of nitrogens with zero attached hydrogens (tertiary/aromatic N) is 2. The molecule has 1 N–H and O–H groups in total. The molecule has 112 valence electrons. The molecular formula is C16H21N3O2. The fraction of sp³-hybridized carbons (Fsp3) is 0.375. The predicted molar refractivity (Wildman–Crippen MR) is 81.0 cm³/mol. The maximum absolute atomic E-state index is 12.0. The van der Waals surface area contributed by atoms with E-state index in [4.69, 9.17) is 4.74 Å². The molecule has 5 heteroatoms. The first-order chi connectivity index (χ1) is 10.1. The number of hydrogen-bond acceptors (Lipinski definition) is 3. The highest BCUT2D eigenvalue weighted by Gasteiger charge is 2.14. The first-order valence-electron chi connectivity index (χ1n) is 7.08. The molecule has 0 fully saturated rings. The van der Waals surface area contributed by atoms with Gasteiger partial charge in [-0.2, -0.15) is 5.10 Å². The average molecular weight is 287 g/mol. The molecule has 1 unspecified atom stereocenters. The lowest BCUT2D eigenvalue weighted by atomic mass is 10.2. The molecule has 0 aliphatic heterocycles. The van der Waals surface area contributed by atoms with Crippen LogP contribution in [0, 0.1) is 0 Å². The predicted octanol–water partition coefficient (Wildman–Crippen LogP) is 2.55. The van der Waals surface area contributed by atoms with E-state index in [0.717, 1.165) is 11.3 Å². The Morgan fingerprint density at radius 1 is 1.29 bits per heavy atom. The molecule has 1 heterocycles. The van der Waals surface area contributed by atoms with Crippen molar-refractivity contribution >= 4 is 5.91 Å². The summed E-state index contributed by atoms with van der Waals surface area (Å²) < 4.78 is 7.22. The highest BCUT2D eigenvalue weighted by Crippen LogP contribution is 2.14. The number of hydrogen-bond donors (Lipinski definition) is 1. The van der Waals surface area contributed by atoms with Crippen molar-refractivity contribution in [2.24, 2.45) is 0 Å².